The summed E-state index contributed by atoms with van der Waals surface area (Å²) >= 11 is 0. The van der Waals surface area contributed by atoms with Gasteiger partial charge < -0.3 is 15.0 Å². The number of rotatable bonds is 4. The minimum atomic E-state index is -0.380. The summed E-state index contributed by atoms with van der Waals surface area (Å²) in [5.74, 6) is 0.403. The minimum Gasteiger partial charge on any atom is -0.497 e. The van der Waals surface area contributed by atoms with Gasteiger partial charge in [-0.05, 0) is 47.5 Å². The molecule has 0 saturated heterocycles. The average Bonchev–Trinajstić information content (AvgIpc) is 2.71. The van der Waals surface area contributed by atoms with Gasteiger partial charge in [-0.25, -0.2) is 4.39 Å². The van der Waals surface area contributed by atoms with Crippen molar-refractivity contribution in [3.63, 3.8) is 0 Å². The molecular weight excluding hydrogens is 343 g/mol. The summed E-state index contributed by atoms with van der Waals surface area (Å²) < 4.78 is 18.6. The van der Waals surface area contributed by atoms with E-state index >= 15 is 0 Å². The van der Waals surface area contributed by atoms with E-state index in [1.807, 2.05) is 48.5 Å². The van der Waals surface area contributed by atoms with E-state index in [0.29, 0.717) is 12.1 Å². The predicted octanol–water partition coefficient (Wildman–Crippen LogP) is 4.60. The van der Waals surface area contributed by atoms with Crippen LogP contribution in [0.1, 0.15) is 27.7 Å². The van der Waals surface area contributed by atoms with E-state index in [2.05, 4.69) is 5.32 Å². The highest BCUT2D eigenvalue weighted by Crippen LogP contribution is 2.34. The maximum atomic E-state index is 13.4. The standard InChI is InChI=1S/C22H19FN2O2/c1-27-18-12-6-15(7-13-18)14-25-21(16-8-10-17(23)11-9-16)24-20-5-3-2-4-19(20)22(25)26/h2-13,21,24H,14H2,1H3/t21-/m0/s1. The molecule has 27 heavy (non-hydrogen) atoms. The molecule has 4 rings (SSSR count). The van der Waals surface area contributed by atoms with Crippen LogP contribution in [0.25, 0.3) is 0 Å². The lowest BCUT2D eigenvalue weighted by Gasteiger charge is -2.38. The topological polar surface area (TPSA) is 41.6 Å². The highest BCUT2D eigenvalue weighted by Gasteiger charge is 2.32. The molecule has 4 nitrogen and oxygen atoms in total. The molecular formula is C22H19FN2O2. The zero-order chi connectivity index (χ0) is 18.8. The minimum absolute atomic E-state index is 0.0607. The van der Waals surface area contributed by atoms with Crippen molar-refractivity contribution in [3.05, 3.63) is 95.3 Å². The van der Waals surface area contributed by atoms with Crippen molar-refractivity contribution < 1.29 is 13.9 Å². The Balaban J connectivity index is 1.71. The molecule has 1 heterocycles. The number of amides is 1. The third-order valence-electron chi connectivity index (χ3n) is 4.72. The molecule has 1 N–H and O–H groups in total. The molecule has 0 aromatic heterocycles. The van der Waals surface area contributed by atoms with Gasteiger partial charge in [0.2, 0.25) is 0 Å². The van der Waals surface area contributed by atoms with Crippen LogP contribution in [-0.2, 0) is 6.54 Å². The summed E-state index contributed by atoms with van der Waals surface area (Å²) in [6.07, 6.45) is -0.380. The normalized spacial score (nSPS) is 15.9. The van der Waals surface area contributed by atoms with Crippen molar-refractivity contribution in [1.82, 2.24) is 4.90 Å². The summed E-state index contributed by atoms with van der Waals surface area (Å²) in [4.78, 5) is 14.9. The fourth-order valence-corrected chi connectivity index (χ4v) is 3.29. The largest absolute Gasteiger partial charge is 0.497 e. The molecule has 0 saturated carbocycles. The molecule has 3 aromatic rings. The lowest BCUT2D eigenvalue weighted by molar-refractivity contribution is 0.0666. The van der Waals surface area contributed by atoms with Gasteiger partial charge in [0.25, 0.3) is 5.91 Å². The zero-order valence-corrected chi connectivity index (χ0v) is 14.9. The van der Waals surface area contributed by atoms with Crippen LogP contribution in [0, 0.1) is 5.82 Å². The van der Waals surface area contributed by atoms with Crippen molar-refractivity contribution in [3.8, 4) is 5.75 Å². The monoisotopic (exact) mass is 362 g/mol. The average molecular weight is 362 g/mol. The molecule has 1 amide bonds. The molecule has 1 atom stereocenters. The highest BCUT2D eigenvalue weighted by atomic mass is 19.1. The molecule has 3 aromatic carbocycles. The van der Waals surface area contributed by atoms with Crippen LogP contribution < -0.4 is 10.1 Å². The number of carbonyl (C=O) groups excluding carboxylic acids is 1. The number of hydrogen-bond donors (Lipinski definition) is 1. The molecule has 1 aliphatic heterocycles. The summed E-state index contributed by atoms with van der Waals surface area (Å²) in [5, 5.41) is 3.41. The van der Waals surface area contributed by atoms with Crippen molar-refractivity contribution >= 4 is 11.6 Å². The number of fused-ring (bicyclic) bond motifs is 1. The molecule has 136 valence electrons. The van der Waals surface area contributed by atoms with Gasteiger partial charge in [-0.3, -0.25) is 4.79 Å². The first kappa shape index (κ1) is 17.1. The SMILES string of the molecule is COc1ccc(CN2C(=O)c3ccccc3N[C@@H]2c2ccc(F)cc2)cc1. The quantitative estimate of drug-likeness (QED) is 0.737. The first-order valence-electron chi connectivity index (χ1n) is 8.70. The number of anilines is 1. The molecule has 0 fully saturated rings. The highest BCUT2D eigenvalue weighted by molar-refractivity contribution is 6.01. The molecule has 5 heteroatoms. The van der Waals surface area contributed by atoms with Gasteiger partial charge >= 0.3 is 0 Å². The Kier molecular flexibility index (Phi) is 4.50. The summed E-state index contributed by atoms with van der Waals surface area (Å²) in [6.45, 7) is 0.423. The molecule has 0 unspecified atom stereocenters. The van der Waals surface area contributed by atoms with Crippen molar-refractivity contribution in [1.29, 1.82) is 0 Å². The van der Waals surface area contributed by atoms with E-state index in [9.17, 15) is 9.18 Å². The maximum Gasteiger partial charge on any atom is 0.258 e. The Bertz CT molecular complexity index is 955. The van der Waals surface area contributed by atoms with E-state index in [1.54, 1.807) is 24.1 Å². The first-order chi connectivity index (χ1) is 13.2. The van der Waals surface area contributed by atoms with Crippen molar-refractivity contribution in [2.45, 2.75) is 12.7 Å². The fourth-order valence-electron chi connectivity index (χ4n) is 3.29. The molecule has 0 spiro atoms. The first-order valence-corrected chi connectivity index (χ1v) is 8.70. The van der Waals surface area contributed by atoms with Crippen LogP contribution in [0.5, 0.6) is 5.75 Å². The van der Waals surface area contributed by atoms with Gasteiger partial charge in [0.15, 0.2) is 0 Å². The van der Waals surface area contributed by atoms with Crippen LogP contribution in [0.15, 0.2) is 72.8 Å². The second-order valence-electron chi connectivity index (χ2n) is 6.43. The number of hydrogen-bond acceptors (Lipinski definition) is 3. The second kappa shape index (κ2) is 7.11. The Morgan fingerprint density at radius 1 is 1.00 bits per heavy atom. The van der Waals surface area contributed by atoms with Gasteiger partial charge in [-0.1, -0.05) is 36.4 Å². The van der Waals surface area contributed by atoms with E-state index in [0.717, 1.165) is 22.6 Å². The maximum absolute atomic E-state index is 13.4. The van der Waals surface area contributed by atoms with Crippen LogP contribution in [0.4, 0.5) is 10.1 Å². The van der Waals surface area contributed by atoms with E-state index in [-0.39, 0.29) is 17.9 Å². The summed E-state index contributed by atoms with van der Waals surface area (Å²) in [6, 6.07) is 21.3. The number of halogens is 1. The summed E-state index contributed by atoms with van der Waals surface area (Å²) in [7, 11) is 1.62. The van der Waals surface area contributed by atoms with Gasteiger partial charge in [0, 0.05) is 12.2 Å². The Morgan fingerprint density at radius 3 is 2.41 bits per heavy atom. The number of nitrogens with zero attached hydrogens (tertiary/aromatic N) is 1. The third-order valence-corrected chi connectivity index (χ3v) is 4.72. The number of nitrogens with one attached hydrogen (secondary N) is 1. The predicted molar refractivity (Wildman–Crippen MR) is 102 cm³/mol. The Labute approximate surface area is 157 Å². The second-order valence-corrected chi connectivity index (χ2v) is 6.43. The summed E-state index contributed by atoms with van der Waals surface area (Å²) in [5.41, 5.74) is 3.22. The lowest BCUT2D eigenvalue weighted by atomic mass is 10.0. The van der Waals surface area contributed by atoms with Crippen molar-refractivity contribution in [2.75, 3.05) is 12.4 Å². The molecule has 1 aliphatic rings. The van der Waals surface area contributed by atoms with Crippen molar-refractivity contribution in [2.24, 2.45) is 0 Å². The Morgan fingerprint density at radius 2 is 1.70 bits per heavy atom. The molecule has 0 aliphatic carbocycles. The van der Waals surface area contributed by atoms with E-state index in [1.165, 1.54) is 12.1 Å². The van der Waals surface area contributed by atoms with Crippen LogP contribution in [0.3, 0.4) is 0 Å². The van der Waals surface area contributed by atoms with Crippen LogP contribution >= 0.6 is 0 Å². The van der Waals surface area contributed by atoms with Gasteiger partial charge in [0.05, 0.1) is 12.7 Å². The Hall–Kier alpha value is -3.34. The van der Waals surface area contributed by atoms with E-state index in [4.69, 9.17) is 4.74 Å². The van der Waals surface area contributed by atoms with E-state index < -0.39 is 0 Å². The fraction of sp³-hybridized carbons (Fsp3) is 0.136. The number of carbonyl (C=O) groups is 1. The van der Waals surface area contributed by atoms with Gasteiger partial charge in [-0.15, -0.1) is 0 Å². The smallest absolute Gasteiger partial charge is 0.258 e. The number of methoxy groups -OCH3 is 1. The van der Waals surface area contributed by atoms with Gasteiger partial charge in [0.1, 0.15) is 17.7 Å². The van der Waals surface area contributed by atoms with Gasteiger partial charge in [-0.2, -0.15) is 0 Å². The number of para-hydroxylation sites is 1. The van der Waals surface area contributed by atoms with Crippen LogP contribution in [0.2, 0.25) is 0 Å². The molecule has 0 bridgehead atoms. The van der Waals surface area contributed by atoms with Crippen LogP contribution in [-0.4, -0.2) is 17.9 Å². The number of ether oxygens (including phenoxy) is 1. The zero-order valence-electron chi connectivity index (χ0n) is 14.9. The third kappa shape index (κ3) is 3.36. The number of benzene rings is 3. The molecule has 0 radical (unpaired) electrons. The lowest BCUT2D eigenvalue weighted by Crippen LogP contribution is -2.42.